The van der Waals surface area contributed by atoms with E-state index in [9.17, 15) is 4.79 Å². The molecule has 25 heavy (non-hydrogen) atoms. The maximum atomic E-state index is 12.0. The van der Waals surface area contributed by atoms with Crippen LogP contribution in [-0.4, -0.2) is 30.6 Å². The summed E-state index contributed by atoms with van der Waals surface area (Å²) in [6, 6.07) is 1.90. The third-order valence-electron chi connectivity index (χ3n) is 4.53. The third kappa shape index (κ3) is 2.00. The molecule has 126 valence electrons. The number of rotatable bonds is 2. The van der Waals surface area contributed by atoms with Crippen molar-refractivity contribution in [2.24, 2.45) is 5.73 Å². The van der Waals surface area contributed by atoms with E-state index in [1.54, 1.807) is 17.0 Å². The summed E-state index contributed by atoms with van der Waals surface area (Å²) in [7, 11) is 0. The van der Waals surface area contributed by atoms with Crippen LogP contribution in [0.15, 0.2) is 18.5 Å². The standard InChI is InChI=1S/C17H17N7O/c1-7-4-10-12(15(19)25)14(18)24(17(10)22-9(7)3)13-8(2)5-20-16-11(13)6-21-23-16/h4-6H,18H2,1-3H3,(H2,19,25)(H,20,21,23). The third-order valence-corrected chi connectivity index (χ3v) is 4.53. The van der Waals surface area contributed by atoms with Crippen LogP contribution in [-0.2, 0) is 0 Å². The monoisotopic (exact) mass is 335 g/mol. The Labute approximate surface area is 142 Å². The number of nitrogens with one attached hydrogen (secondary N) is 1. The van der Waals surface area contributed by atoms with Gasteiger partial charge in [-0.3, -0.25) is 14.5 Å². The Morgan fingerprint density at radius 1 is 1.16 bits per heavy atom. The number of fused-ring (bicyclic) bond motifs is 2. The second-order valence-corrected chi connectivity index (χ2v) is 6.14. The molecule has 4 aromatic heterocycles. The Morgan fingerprint density at radius 2 is 1.92 bits per heavy atom. The lowest BCUT2D eigenvalue weighted by Crippen LogP contribution is -2.14. The second kappa shape index (κ2) is 5.04. The van der Waals surface area contributed by atoms with Crippen molar-refractivity contribution in [3.05, 3.63) is 40.8 Å². The number of aromatic amines is 1. The first-order valence-electron chi connectivity index (χ1n) is 7.77. The fraction of sp³-hybridized carbons (Fsp3) is 0.176. The van der Waals surface area contributed by atoms with Gasteiger partial charge in [0.15, 0.2) is 5.65 Å². The van der Waals surface area contributed by atoms with Crippen molar-refractivity contribution in [3.63, 3.8) is 0 Å². The molecular weight excluding hydrogens is 318 g/mol. The SMILES string of the molecule is Cc1cc2c(C(N)=O)c(N)n(-c3c(C)cnc4[nH]ncc34)c2nc1C. The maximum Gasteiger partial charge on any atom is 0.253 e. The highest BCUT2D eigenvalue weighted by atomic mass is 16.1. The van der Waals surface area contributed by atoms with Crippen LogP contribution in [0.2, 0.25) is 0 Å². The predicted molar refractivity (Wildman–Crippen MR) is 95.7 cm³/mol. The van der Waals surface area contributed by atoms with Gasteiger partial charge in [0.25, 0.3) is 5.91 Å². The Kier molecular flexibility index (Phi) is 3.05. The number of carbonyl (C=O) groups is 1. The van der Waals surface area contributed by atoms with E-state index in [4.69, 9.17) is 11.5 Å². The maximum absolute atomic E-state index is 12.0. The highest BCUT2D eigenvalue weighted by molar-refractivity contribution is 6.11. The van der Waals surface area contributed by atoms with Gasteiger partial charge in [-0.05, 0) is 38.0 Å². The number of nitrogens with two attached hydrogens (primary N) is 2. The second-order valence-electron chi connectivity index (χ2n) is 6.14. The summed E-state index contributed by atoms with van der Waals surface area (Å²) < 4.78 is 1.76. The summed E-state index contributed by atoms with van der Waals surface area (Å²) in [6.45, 7) is 5.77. The zero-order valence-electron chi connectivity index (χ0n) is 14.1. The van der Waals surface area contributed by atoms with E-state index in [-0.39, 0.29) is 11.4 Å². The Morgan fingerprint density at radius 3 is 2.64 bits per heavy atom. The Balaban J connectivity index is 2.24. The molecule has 0 atom stereocenters. The highest BCUT2D eigenvalue weighted by Crippen LogP contribution is 2.34. The van der Waals surface area contributed by atoms with Gasteiger partial charge in [-0.2, -0.15) is 5.10 Å². The zero-order valence-corrected chi connectivity index (χ0v) is 14.1. The lowest BCUT2D eigenvalue weighted by atomic mass is 10.1. The first kappa shape index (κ1) is 15.1. The summed E-state index contributed by atoms with van der Waals surface area (Å²) in [5.41, 5.74) is 16.9. The number of hydrogen-bond donors (Lipinski definition) is 3. The minimum atomic E-state index is -0.582. The molecule has 0 aromatic carbocycles. The quantitative estimate of drug-likeness (QED) is 0.515. The number of nitrogens with zero attached hydrogens (tertiary/aromatic N) is 4. The molecule has 8 nitrogen and oxygen atoms in total. The molecule has 0 bridgehead atoms. The molecule has 0 aliphatic rings. The van der Waals surface area contributed by atoms with Crippen LogP contribution in [0, 0.1) is 20.8 Å². The highest BCUT2D eigenvalue weighted by Gasteiger charge is 2.24. The van der Waals surface area contributed by atoms with Crippen LogP contribution >= 0.6 is 0 Å². The molecule has 0 aliphatic carbocycles. The van der Waals surface area contributed by atoms with E-state index in [1.807, 2.05) is 26.8 Å². The molecule has 0 aliphatic heterocycles. The number of carbonyl (C=O) groups excluding carboxylic acids is 1. The summed E-state index contributed by atoms with van der Waals surface area (Å²) in [5.74, 6) is -0.321. The van der Waals surface area contributed by atoms with Gasteiger partial charge in [0.2, 0.25) is 0 Å². The molecule has 4 heterocycles. The van der Waals surface area contributed by atoms with E-state index in [1.165, 1.54) is 0 Å². The van der Waals surface area contributed by atoms with Crippen molar-refractivity contribution in [2.45, 2.75) is 20.8 Å². The molecule has 0 unspecified atom stereocenters. The van der Waals surface area contributed by atoms with Crippen molar-refractivity contribution in [1.29, 1.82) is 0 Å². The van der Waals surface area contributed by atoms with Gasteiger partial charge < -0.3 is 11.5 Å². The molecule has 0 saturated carbocycles. The first-order valence-corrected chi connectivity index (χ1v) is 7.77. The van der Waals surface area contributed by atoms with E-state index in [2.05, 4.69) is 20.2 Å². The predicted octanol–water partition coefficient (Wildman–Crippen LogP) is 1.90. The number of amides is 1. The van der Waals surface area contributed by atoms with Gasteiger partial charge in [-0.15, -0.1) is 0 Å². The lowest BCUT2D eigenvalue weighted by molar-refractivity contribution is 0.100. The molecule has 5 N–H and O–H groups in total. The van der Waals surface area contributed by atoms with E-state index >= 15 is 0 Å². The number of aromatic nitrogens is 5. The van der Waals surface area contributed by atoms with Crippen LogP contribution in [0.1, 0.15) is 27.2 Å². The van der Waals surface area contributed by atoms with Crippen LogP contribution in [0.4, 0.5) is 5.82 Å². The average Bonchev–Trinajstić information content (AvgIpc) is 3.11. The van der Waals surface area contributed by atoms with Crippen molar-refractivity contribution in [3.8, 4) is 5.69 Å². The van der Waals surface area contributed by atoms with Crippen molar-refractivity contribution in [2.75, 3.05) is 5.73 Å². The smallest absolute Gasteiger partial charge is 0.253 e. The molecule has 4 aromatic rings. The number of primary amides is 1. The number of H-pyrrole nitrogens is 1. The van der Waals surface area contributed by atoms with E-state index in [0.717, 1.165) is 27.9 Å². The van der Waals surface area contributed by atoms with Crippen molar-refractivity contribution < 1.29 is 4.79 Å². The molecule has 4 rings (SSSR count). The van der Waals surface area contributed by atoms with Crippen LogP contribution in [0.3, 0.4) is 0 Å². The molecule has 0 fully saturated rings. The molecule has 8 heteroatoms. The average molecular weight is 335 g/mol. The molecule has 0 radical (unpaired) electrons. The molecular formula is C17H17N7O. The first-order chi connectivity index (χ1) is 11.9. The van der Waals surface area contributed by atoms with Gasteiger partial charge in [0.05, 0.1) is 22.8 Å². The molecule has 1 amide bonds. The zero-order chi connectivity index (χ0) is 17.9. The fourth-order valence-corrected chi connectivity index (χ4v) is 3.18. The van der Waals surface area contributed by atoms with Crippen molar-refractivity contribution in [1.82, 2.24) is 24.7 Å². The number of hydrogen-bond acceptors (Lipinski definition) is 5. The number of nitrogen functional groups attached to an aromatic ring is 1. The van der Waals surface area contributed by atoms with Crippen molar-refractivity contribution >= 4 is 33.8 Å². The molecule has 0 saturated heterocycles. The van der Waals surface area contributed by atoms with Gasteiger partial charge in [-0.25, -0.2) is 9.97 Å². The van der Waals surface area contributed by atoms with E-state index < -0.39 is 5.91 Å². The van der Waals surface area contributed by atoms with Gasteiger partial charge in [-0.1, -0.05) is 0 Å². The number of aryl methyl sites for hydroxylation is 3. The van der Waals surface area contributed by atoms with Crippen LogP contribution in [0.25, 0.3) is 27.8 Å². The normalized spacial score (nSPS) is 11.5. The van der Waals surface area contributed by atoms with Crippen LogP contribution < -0.4 is 11.5 Å². The largest absolute Gasteiger partial charge is 0.384 e. The summed E-state index contributed by atoms with van der Waals surface area (Å²) in [6.07, 6.45) is 3.41. The van der Waals surface area contributed by atoms with Gasteiger partial charge in [0.1, 0.15) is 11.5 Å². The lowest BCUT2D eigenvalue weighted by Gasteiger charge is -2.12. The summed E-state index contributed by atoms with van der Waals surface area (Å²) in [4.78, 5) is 21.0. The summed E-state index contributed by atoms with van der Waals surface area (Å²) >= 11 is 0. The van der Waals surface area contributed by atoms with Gasteiger partial charge in [0, 0.05) is 17.3 Å². The molecule has 0 spiro atoms. The minimum Gasteiger partial charge on any atom is -0.384 e. The minimum absolute atomic E-state index is 0.261. The van der Waals surface area contributed by atoms with E-state index in [0.29, 0.717) is 16.7 Å². The fourth-order valence-electron chi connectivity index (χ4n) is 3.18. The topological polar surface area (TPSA) is 128 Å². The Hall–Kier alpha value is -3.42. The van der Waals surface area contributed by atoms with Gasteiger partial charge >= 0.3 is 0 Å². The number of pyridine rings is 2. The van der Waals surface area contributed by atoms with Crippen LogP contribution in [0.5, 0.6) is 0 Å². The summed E-state index contributed by atoms with van der Waals surface area (Å²) in [5, 5.41) is 8.34. The Bertz CT molecular complexity index is 1170. The number of anilines is 1.